The Bertz CT molecular complexity index is 309. The molecule has 2 fully saturated rings. The van der Waals surface area contributed by atoms with Gasteiger partial charge < -0.3 is 10.4 Å². The zero-order valence-corrected chi connectivity index (χ0v) is 11.8. The van der Waals surface area contributed by atoms with Crippen molar-refractivity contribution in [3.63, 3.8) is 0 Å². The summed E-state index contributed by atoms with van der Waals surface area (Å²) in [5, 5.41) is 12.8. The molecule has 1 aliphatic heterocycles. The summed E-state index contributed by atoms with van der Waals surface area (Å²) in [6.07, 6.45) is 3.60. The van der Waals surface area contributed by atoms with Gasteiger partial charge in [-0.15, -0.1) is 0 Å². The molecule has 4 heteroatoms. The van der Waals surface area contributed by atoms with Crippen LogP contribution >= 0.6 is 0 Å². The largest absolute Gasteiger partial charge is 0.388 e. The van der Waals surface area contributed by atoms with Crippen LogP contribution in [0.1, 0.15) is 40.0 Å². The summed E-state index contributed by atoms with van der Waals surface area (Å²) >= 11 is 0. The minimum atomic E-state index is -0.590. The summed E-state index contributed by atoms with van der Waals surface area (Å²) < 4.78 is 0. The number of carbonyl (C=O) groups is 1. The first-order valence-corrected chi connectivity index (χ1v) is 7.11. The third-order valence-electron chi connectivity index (χ3n) is 4.55. The smallest absolute Gasteiger partial charge is 0.234 e. The Morgan fingerprint density at radius 1 is 1.39 bits per heavy atom. The first kappa shape index (κ1) is 13.8. The lowest BCUT2D eigenvalue weighted by molar-refractivity contribution is -0.131. The first-order chi connectivity index (χ1) is 8.37. The predicted octanol–water partition coefficient (Wildman–Crippen LogP) is 0.994. The minimum Gasteiger partial charge on any atom is -0.388 e. The van der Waals surface area contributed by atoms with Crippen LogP contribution < -0.4 is 5.32 Å². The molecule has 18 heavy (non-hydrogen) atoms. The lowest BCUT2D eigenvalue weighted by Crippen LogP contribution is -2.62. The van der Waals surface area contributed by atoms with Crippen LogP contribution in [0.25, 0.3) is 0 Å². The standard InChI is InChI=1S/C14H26N2O2/c1-10-5-4-6-12(11(10)2)15-13(17)7-16-8-14(3,18)9-16/h10-12,18H,4-9H2,1-3H3,(H,15,17). The molecule has 1 saturated carbocycles. The Morgan fingerprint density at radius 2 is 2.06 bits per heavy atom. The molecule has 2 N–H and O–H groups in total. The molecule has 2 aliphatic rings. The summed E-state index contributed by atoms with van der Waals surface area (Å²) in [5.74, 6) is 1.38. The van der Waals surface area contributed by atoms with Gasteiger partial charge in [0.2, 0.25) is 5.91 Å². The van der Waals surface area contributed by atoms with Gasteiger partial charge in [0, 0.05) is 19.1 Å². The average molecular weight is 254 g/mol. The van der Waals surface area contributed by atoms with Gasteiger partial charge in [0.05, 0.1) is 12.1 Å². The fourth-order valence-corrected chi connectivity index (χ4v) is 3.27. The Morgan fingerprint density at radius 3 is 2.67 bits per heavy atom. The van der Waals surface area contributed by atoms with Gasteiger partial charge in [0.15, 0.2) is 0 Å². The Balaban J connectivity index is 1.74. The molecule has 3 atom stereocenters. The van der Waals surface area contributed by atoms with E-state index in [1.165, 1.54) is 12.8 Å². The van der Waals surface area contributed by atoms with E-state index < -0.39 is 5.60 Å². The van der Waals surface area contributed by atoms with Crippen LogP contribution in [0.3, 0.4) is 0 Å². The lowest BCUT2D eigenvalue weighted by atomic mass is 9.78. The Hall–Kier alpha value is -0.610. The molecule has 3 unspecified atom stereocenters. The van der Waals surface area contributed by atoms with E-state index in [0.717, 1.165) is 6.42 Å². The molecule has 104 valence electrons. The van der Waals surface area contributed by atoms with E-state index in [-0.39, 0.29) is 5.91 Å². The quantitative estimate of drug-likeness (QED) is 0.790. The molecule has 1 heterocycles. The monoisotopic (exact) mass is 254 g/mol. The molecule has 1 saturated heterocycles. The maximum absolute atomic E-state index is 11.9. The molecule has 0 aromatic heterocycles. The van der Waals surface area contributed by atoms with Crippen LogP contribution in [0.2, 0.25) is 0 Å². The number of carbonyl (C=O) groups excluding carboxylic acids is 1. The fourth-order valence-electron chi connectivity index (χ4n) is 3.27. The summed E-state index contributed by atoms with van der Waals surface area (Å²) in [4.78, 5) is 13.9. The van der Waals surface area contributed by atoms with Gasteiger partial charge in [-0.2, -0.15) is 0 Å². The summed E-state index contributed by atoms with van der Waals surface area (Å²) in [5.41, 5.74) is -0.590. The number of nitrogens with one attached hydrogen (secondary N) is 1. The zero-order chi connectivity index (χ0) is 13.3. The second-order valence-electron chi connectivity index (χ2n) is 6.58. The first-order valence-electron chi connectivity index (χ1n) is 7.11. The molecule has 1 aliphatic carbocycles. The van der Waals surface area contributed by atoms with Crippen molar-refractivity contribution in [2.45, 2.75) is 51.7 Å². The summed E-state index contributed by atoms with van der Waals surface area (Å²) in [7, 11) is 0. The van der Waals surface area contributed by atoms with Crippen molar-refractivity contribution in [3.8, 4) is 0 Å². The molecular formula is C14H26N2O2. The van der Waals surface area contributed by atoms with Crippen molar-refractivity contribution >= 4 is 5.91 Å². The van der Waals surface area contributed by atoms with Crippen LogP contribution in [-0.4, -0.2) is 47.2 Å². The van der Waals surface area contributed by atoms with Crippen LogP contribution in [-0.2, 0) is 4.79 Å². The highest BCUT2D eigenvalue weighted by atomic mass is 16.3. The van der Waals surface area contributed by atoms with E-state index in [4.69, 9.17) is 0 Å². The van der Waals surface area contributed by atoms with E-state index in [0.29, 0.717) is 37.5 Å². The number of β-amino-alcohol motifs (C(OH)–C–C–N with tert-alkyl or cyclic N) is 1. The molecular weight excluding hydrogens is 228 g/mol. The second-order valence-corrected chi connectivity index (χ2v) is 6.58. The highest BCUT2D eigenvalue weighted by Crippen LogP contribution is 2.29. The Kier molecular flexibility index (Phi) is 3.97. The van der Waals surface area contributed by atoms with E-state index in [1.807, 2.05) is 11.8 Å². The zero-order valence-electron chi connectivity index (χ0n) is 11.8. The maximum atomic E-state index is 11.9. The number of hydrogen-bond acceptors (Lipinski definition) is 3. The number of amides is 1. The molecule has 0 aromatic rings. The van der Waals surface area contributed by atoms with Crippen molar-refractivity contribution in [2.75, 3.05) is 19.6 Å². The van der Waals surface area contributed by atoms with Crippen LogP contribution in [0.4, 0.5) is 0 Å². The normalized spacial score (nSPS) is 35.9. The van der Waals surface area contributed by atoms with Gasteiger partial charge in [-0.05, 0) is 25.2 Å². The van der Waals surface area contributed by atoms with Crippen LogP contribution in [0, 0.1) is 11.8 Å². The number of likely N-dealkylation sites (tertiary alicyclic amines) is 1. The van der Waals surface area contributed by atoms with Crippen molar-refractivity contribution < 1.29 is 9.90 Å². The van der Waals surface area contributed by atoms with Gasteiger partial charge in [-0.3, -0.25) is 9.69 Å². The summed E-state index contributed by atoms with van der Waals surface area (Å²) in [6.45, 7) is 7.97. The number of rotatable bonds is 3. The number of aliphatic hydroxyl groups is 1. The fraction of sp³-hybridized carbons (Fsp3) is 0.929. The van der Waals surface area contributed by atoms with Crippen molar-refractivity contribution in [1.29, 1.82) is 0 Å². The number of nitrogens with zero attached hydrogens (tertiary/aromatic N) is 1. The van der Waals surface area contributed by atoms with Gasteiger partial charge in [-0.25, -0.2) is 0 Å². The van der Waals surface area contributed by atoms with Gasteiger partial charge in [0.25, 0.3) is 0 Å². The third kappa shape index (κ3) is 3.23. The van der Waals surface area contributed by atoms with Crippen molar-refractivity contribution in [2.24, 2.45) is 11.8 Å². The van der Waals surface area contributed by atoms with Crippen molar-refractivity contribution in [1.82, 2.24) is 10.2 Å². The van der Waals surface area contributed by atoms with Crippen molar-refractivity contribution in [3.05, 3.63) is 0 Å². The lowest BCUT2D eigenvalue weighted by Gasteiger charge is -2.44. The van der Waals surface area contributed by atoms with Gasteiger partial charge in [0.1, 0.15) is 0 Å². The van der Waals surface area contributed by atoms with E-state index in [1.54, 1.807) is 0 Å². The second kappa shape index (κ2) is 5.17. The molecule has 0 aromatic carbocycles. The highest BCUT2D eigenvalue weighted by Gasteiger charge is 2.37. The maximum Gasteiger partial charge on any atom is 0.234 e. The molecule has 4 nitrogen and oxygen atoms in total. The SMILES string of the molecule is CC1CCCC(NC(=O)CN2CC(C)(O)C2)C1C. The topological polar surface area (TPSA) is 52.6 Å². The molecule has 0 bridgehead atoms. The van der Waals surface area contributed by atoms with E-state index in [9.17, 15) is 9.90 Å². The highest BCUT2D eigenvalue weighted by molar-refractivity contribution is 5.78. The van der Waals surface area contributed by atoms with Crippen LogP contribution in [0.5, 0.6) is 0 Å². The van der Waals surface area contributed by atoms with E-state index >= 15 is 0 Å². The molecule has 1 amide bonds. The summed E-state index contributed by atoms with van der Waals surface area (Å²) in [6, 6.07) is 0.336. The van der Waals surface area contributed by atoms with Gasteiger partial charge >= 0.3 is 0 Å². The molecule has 0 radical (unpaired) electrons. The third-order valence-corrected chi connectivity index (χ3v) is 4.55. The average Bonchev–Trinajstić information content (AvgIpc) is 2.22. The minimum absolute atomic E-state index is 0.108. The predicted molar refractivity (Wildman–Crippen MR) is 71.2 cm³/mol. The molecule has 2 rings (SSSR count). The molecule has 0 spiro atoms. The Labute approximate surface area is 110 Å². The van der Waals surface area contributed by atoms with E-state index in [2.05, 4.69) is 19.2 Å². The number of hydrogen-bond donors (Lipinski definition) is 2. The van der Waals surface area contributed by atoms with Crippen LogP contribution in [0.15, 0.2) is 0 Å². The van der Waals surface area contributed by atoms with Gasteiger partial charge in [-0.1, -0.05) is 26.7 Å².